The predicted molar refractivity (Wildman–Crippen MR) is 48.6 cm³/mol. The van der Waals surface area contributed by atoms with E-state index < -0.39 is 7.25 Å². The van der Waals surface area contributed by atoms with Gasteiger partial charge in [0.15, 0.2) is 6.23 Å². The SMILES string of the molecule is CC(O)[N+]1(C)CCOCC1.F[B-](F)(F)F. The Balaban J connectivity index is 0.000000336. The fourth-order valence-corrected chi connectivity index (χ4v) is 1.13. The summed E-state index contributed by atoms with van der Waals surface area (Å²) in [4.78, 5) is 0. The first-order valence-corrected chi connectivity index (χ1v) is 4.62. The zero-order valence-corrected chi connectivity index (χ0v) is 8.80. The van der Waals surface area contributed by atoms with E-state index in [-0.39, 0.29) is 6.23 Å². The first-order chi connectivity index (χ1) is 6.65. The monoisotopic (exact) mass is 233 g/mol. The molecule has 1 N–H and O–H groups in total. The lowest BCUT2D eigenvalue weighted by atomic mass is 10.3. The van der Waals surface area contributed by atoms with Gasteiger partial charge in [0.05, 0.1) is 20.3 Å². The van der Waals surface area contributed by atoms with Crippen LogP contribution in [-0.2, 0) is 4.74 Å². The van der Waals surface area contributed by atoms with E-state index in [9.17, 15) is 22.4 Å². The maximum absolute atomic E-state index is 9.75. The molecule has 0 bridgehead atoms. The number of likely N-dealkylation sites (N-methyl/N-ethyl adjacent to an activating group) is 1. The lowest BCUT2D eigenvalue weighted by molar-refractivity contribution is -0.958. The number of aliphatic hydroxyl groups is 1. The van der Waals surface area contributed by atoms with Crippen molar-refractivity contribution in [1.82, 2.24) is 0 Å². The second-order valence-corrected chi connectivity index (χ2v) is 3.67. The summed E-state index contributed by atoms with van der Waals surface area (Å²) in [5.41, 5.74) is 0. The van der Waals surface area contributed by atoms with E-state index >= 15 is 0 Å². The third-order valence-corrected chi connectivity index (χ3v) is 2.40. The van der Waals surface area contributed by atoms with Crippen LogP contribution in [0, 0.1) is 0 Å². The van der Waals surface area contributed by atoms with Crippen molar-refractivity contribution >= 4 is 7.25 Å². The Labute approximate surface area is 86.3 Å². The smallest absolute Gasteiger partial charge is 0.418 e. The van der Waals surface area contributed by atoms with Crippen molar-refractivity contribution in [3.63, 3.8) is 0 Å². The van der Waals surface area contributed by atoms with Crippen molar-refractivity contribution in [2.45, 2.75) is 13.2 Å². The molecule has 0 amide bonds. The molecule has 0 aromatic carbocycles. The Hall–Kier alpha value is -0.335. The molecule has 1 heterocycles. The Morgan fingerprint density at radius 3 is 1.73 bits per heavy atom. The number of hydrogen-bond acceptors (Lipinski definition) is 2. The van der Waals surface area contributed by atoms with Crippen LogP contribution in [-0.4, -0.2) is 56.4 Å². The quantitative estimate of drug-likeness (QED) is 0.417. The summed E-state index contributed by atoms with van der Waals surface area (Å²) in [6.45, 7) is 5.25. The standard InChI is InChI=1S/C7H16NO2.BF4/c1-7(9)8(2)3-5-10-6-4-8;2-1(3,4)5/h7,9H,3-6H2,1-2H3;/q+1;-1. The number of nitrogens with zero attached hydrogens (tertiary/aromatic N) is 1. The van der Waals surface area contributed by atoms with E-state index in [1.807, 2.05) is 6.92 Å². The first kappa shape index (κ1) is 14.7. The molecule has 8 heteroatoms. The van der Waals surface area contributed by atoms with E-state index in [4.69, 9.17) is 4.74 Å². The molecule has 1 fully saturated rings. The number of ether oxygens (including phenoxy) is 1. The number of halogens is 4. The van der Waals surface area contributed by atoms with Crippen LogP contribution in [0.5, 0.6) is 0 Å². The minimum Gasteiger partial charge on any atom is -0.418 e. The van der Waals surface area contributed by atoms with E-state index in [0.29, 0.717) is 0 Å². The molecule has 0 spiro atoms. The van der Waals surface area contributed by atoms with Crippen molar-refractivity contribution in [2.24, 2.45) is 0 Å². The lowest BCUT2D eigenvalue weighted by Crippen LogP contribution is -2.57. The normalized spacial score (nSPS) is 22.6. The highest BCUT2D eigenvalue weighted by atomic mass is 19.5. The Morgan fingerprint density at radius 1 is 1.20 bits per heavy atom. The van der Waals surface area contributed by atoms with Crippen LogP contribution in [0.1, 0.15) is 6.92 Å². The second kappa shape index (κ2) is 5.67. The summed E-state index contributed by atoms with van der Waals surface area (Å²) in [5, 5.41) is 9.35. The fraction of sp³-hybridized carbons (Fsp3) is 1.00. The number of aliphatic hydroxyl groups excluding tert-OH is 1. The van der Waals surface area contributed by atoms with Crippen LogP contribution in [0.25, 0.3) is 0 Å². The van der Waals surface area contributed by atoms with Crippen molar-refractivity contribution in [3.8, 4) is 0 Å². The lowest BCUT2D eigenvalue weighted by Gasteiger charge is -2.39. The summed E-state index contributed by atoms with van der Waals surface area (Å²) in [6.07, 6.45) is -0.260. The average Bonchev–Trinajstić information content (AvgIpc) is 2.02. The molecule has 0 aromatic heterocycles. The van der Waals surface area contributed by atoms with Gasteiger partial charge in [-0.05, 0) is 0 Å². The van der Waals surface area contributed by atoms with E-state index in [1.165, 1.54) is 0 Å². The third-order valence-electron chi connectivity index (χ3n) is 2.40. The van der Waals surface area contributed by atoms with Crippen LogP contribution < -0.4 is 0 Å². The zero-order chi connectivity index (χ0) is 12.1. The molecule has 1 atom stereocenters. The maximum atomic E-state index is 9.75. The van der Waals surface area contributed by atoms with Crippen molar-refractivity contribution in [1.29, 1.82) is 0 Å². The third kappa shape index (κ3) is 7.58. The van der Waals surface area contributed by atoms with E-state index in [1.54, 1.807) is 0 Å². The molecule has 92 valence electrons. The summed E-state index contributed by atoms with van der Waals surface area (Å²) in [7, 11) is -3.94. The summed E-state index contributed by atoms with van der Waals surface area (Å²) in [6, 6.07) is 0. The summed E-state index contributed by atoms with van der Waals surface area (Å²) >= 11 is 0. The number of hydrogen-bond donors (Lipinski definition) is 1. The number of rotatable bonds is 1. The molecule has 0 saturated carbocycles. The molecule has 1 unspecified atom stereocenters. The molecule has 1 rings (SSSR count). The van der Waals surface area contributed by atoms with Gasteiger partial charge in [0.1, 0.15) is 13.1 Å². The molecule has 1 saturated heterocycles. The minimum atomic E-state index is -6.00. The largest absolute Gasteiger partial charge is 0.673 e. The van der Waals surface area contributed by atoms with Gasteiger partial charge in [-0.2, -0.15) is 0 Å². The number of morpholine rings is 1. The molecule has 0 aliphatic carbocycles. The molecule has 0 aromatic rings. The number of quaternary nitrogens is 1. The molecule has 15 heavy (non-hydrogen) atoms. The van der Waals surface area contributed by atoms with Gasteiger partial charge < -0.3 is 27.1 Å². The van der Waals surface area contributed by atoms with Crippen LogP contribution in [0.3, 0.4) is 0 Å². The molecule has 0 radical (unpaired) electrons. The van der Waals surface area contributed by atoms with E-state index in [2.05, 4.69) is 7.05 Å². The van der Waals surface area contributed by atoms with Crippen molar-refractivity contribution < 1.29 is 31.6 Å². The minimum absolute atomic E-state index is 0.260. The van der Waals surface area contributed by atoms with Gasteiger partial charge in [-0.3, -0.25) is 4.48 Å². The predicted octanol–water partition coefficient (Wildman–Crippen LogP) is 1.10. The molecule has 1 aliphatic heterocycles. The van der Waals surface area contributed by atoms with E-state index in [0.717, 1.165) is 30.8 Å². The van der Waals surface area contributed by atoms with Crippen LogP contribution in [0.15, 0.2) is 0 Å². The molecule has 3 nitrogen and oxygen atoms in total. The Bertz CT molecular complexity index is 176. The van der Waals surface area contributed by atoms with Crippen LogP contribution >= 0.6 is 0 Å². The van der Waals surface area contributed by atoms with Gasteiger partial charge >= 0.3 is 7.25 Å². The van der Waals surface area contributed by atoms with Crippen LogP contribution in [0.4, 0.5) is 17.3 Å². The second-order valence-electron chi connectivity index (χ2n) is 3.67. The van der Waals surface area contributed by atoms with Gasteiger partial charge in [0.2, 0.25) is 0 Å². The van der Waals surface area contributed by atoms with Gasteiger partial charge in [0.25, 0.3) is 0 Å². The van der Waals surface area contributed by atoms with Gasteiger partial charge in [0, 0.05) is 6.92 Å². The van der Waals surface area contributed by atoms with Crippen LogP contribution in [0.2, 0.25) is 0 Å². The maximum Gasteiger partial charge on any atom is 0.673 e. The highest BCUT2D eigenvalue weighted by Crippen LogP contribution is 2.10. The van der Waals surface area contributed by atoms with Gasteiger partial charge in [-0.15, -0.1) is 0 Å². The highest BCUT2D eigenvalue weighted by Gasteiger charge is 2.29. The fourth-order valence-electron chi connectivity index (χ4n) is 1.13. The van der Waals surface area contributed by atoms with Gasteiger partial charge in [-0.1, -0.05) is 0 Å². The van der Waals surface area contributed by atoms with Crippen molar-refractivity contribution in [2.75, 3.05) is 33.4 Å². The summed E-state index contributed by atoms with van der Waals surface area (Å²) < 4.78 is 44.9. The van der Waals surface area contributed by atoms with Crippen molar-refractivity contribution in [3.05, 3.63) is 0 Å². The zero-order valence-electron chi connectivity index (χ0n) is 8.80. The Morgan fingerprint density at radius 2 is 1.53 bits per heavy atom. The van der Waals surface area contributed by atoms with Gasteiger partial charge in [-0.25, -0.2) is 0 Å². The molecule has 1 aliphatic rings. The highest BCUT2D eigenvalue weighted by molar-refractivity contribution is 6.50. The topological polar surface area (TPSA) is 29.5 Å². The average molecular weight is 233 g/mol. The molecular formula is C7H16BF4NO2. The molecular weight excluding hydrogens is 217 g/mol. The first-order valence-electron chi connectivity index (χ1n) is 4.62. The Kier molecular flexibility index (Phi) is 5.54. The summed E-state index contributed by atoms with van der Waals surface area (Å²) in [5.74, 6) is 0.